The zero-order valence-corrected chi connectivity index (χ0v) is 26.9. The molecular formula is C33H39ClN2O7S. The molecule has 0 atom stereocenters. The third-order valence-electron chi connectivity index (χ3n) is 7.30. The van der Waals surface area contributed by atoms with Crippen LogP contribution in [0.4, 0.5) is 4.79 Å². The van der Waals surface area contributed by atoms with Crippen LogP contribution in [0.5, 0.6) is 5.75 Å². The molecule has 0 saturated heterocycles. The molecule has 0 radical (unpaired) electrons. The first-order chi connectivity index (χ1) is 21.0. The molecular weight excluding hydrogens is 604 g/mol. The number of alkyl carbamates (subject to hydrolysis) is 1. The number of carbonyl (C=O) groups is 1. The number of nitrogens with zero attached hydrogens (tertiary/aromatic N) is 1. The van der Waals surface area contributed by atoms with Crippen LogP contribution in [-0.4, -0.2) is 56.7 Å². The average Bonchev–Trinajstić information content (AvgIpc) is 3.91. The number of aromatic nitrogens is 1. The maximum atomic E-state index is 13.1. The summed E-state index contributed by atoms with van der Waals surface area (Å²) in [6.07, 6.45) is 7.11. The Morgan fingerprint density at radius 1 is 1.07 bits per heavy atom. The molecule has 2 aromatic carbocycles. The predicted octanol–water partition coefficient (Wildman–Crippen LogP) is 6.46. The topological polar surface area (TPSA) is 113 Å². The molecule has 2 aliphatic carbocycles. The third kappa shape index (κ3) is 8.50. The van der Waals surface area contributed by atoms with E-state index in [9.17, 15) is 13.2 Å². The molecule has 11 heteroatoms. The fraction of sp³-hybridized carbons (Fsp3) is 0.455. The van der Waals surface area contributed by atoms with Crippen molar-refractivity contribution in [2.75, 3.05) is 25.5 Å². The largest absolute Gasteiger partial charge is 0.490 e. The minimum Gasteiger partial charge on any atom is -0.490 e. The normalized spacial score (nSPS) is 15.9. The number of hydrogen-bond donors (Lipinski definition) is 1. The van der Waals surface area contributed by atoms with E-state index in [4.69, 9.17) is 30.5 Å². The first-order valence-electron chi connectivity index (χ1n) is 14.9. The number of halogens is 1. The Bertz CT molecular complexity index is 1580. The number of para-hydroxylation sites is 1. The summed E-state index contributed by atoms with van der Waals surface area (Å²) < 4.78 is 49.4. The van der Waals surface area contributed by atoms with Gasteiger partial charge in [0.15, 0.2) is 9.84 Å². The van der Waals surface area contributed by atoms with E-state index in [2.05, 4.69) is 16.4 Å². The van der Waals surface area contributed by atoms with Gasteiger partial charge >= 0.3 is 6.09 Å². The summed E-state index contributed by atoms with van der Waals surface area (Å²) in [5.74, 6) is 0.634. The number of amides is 1. The van der Waals surface area contributed by atoms with E-state index in [1.54, 1.807) is 39.1 Å². The zero-order chi connectivity index (χ0) is 31.4. The lowest BCUT2D eigenvalue weighted by Gasteiger charge is -2.22. The van der Waals surface area contributed by atoms with Crippen molar-refractivity contribution in [3.8, 4) is 16.9 Å². The number of carbonyl (C=O) groups excluding carboxylic acids is 1. The number of ether oxygens (including phenoxy) is 4. The molecule has 1 N–H and O–H groups in total. The van der Waals surface area contributed by atoms with Crippen LogP contribution in [0.2, 0.25) is 5.02 Å². The van der Waals surface area contributed by atoms with Crippen LogP contribution in [0, 0.1) is 0 Å². The first-order valence-corrected chi connectivity index (χ1v) is 16.9. The lowest BCUT2D eigenvalue weighted by molar-refractivity contribution is 0.0173. The van der Waals surface area contributed by atoms with Crippen LogP contribution < -0.4 is 10.1 Å². The number of rotatable bonds is 14. The van der Waals surface area contributed by atoms with Crippen molar-refractivity contribution in [2.45, 2.75) is 75.3 Å². The fourth-order valence-corrected chi connectivity index (χ4v) is 6.10. The summed E-state index contributed by atoms with van der Waals surface area (Å²) >= 11 is 6.50. The molecule has 236 valence electrons. The summed E-state index contributed by atoms with van der Waals surface area (Å²) in [4.78, 5) is 16.3. The molecule has 44 heavy (non-hydrogen) atoms. The Morgan fingerprint density at radius 3 is 2.57 bits per heavy atom. The smallest absolute Gasteiger partial charge is 0.407 e. The Labute approximate surface area is 264 Å². The van der Waals surface area contributed by atoms with Gasteiger partial charge in [-0.15, -0.1) is 0 Å². The highest BCUT2D eigenvalue weighted by atomic mass is 35.5. The van der Waals surface area contributed by atoms with Gasteiger partial charge in [-0.05, 0) is 87.9 Å². The van der Waals surface area contributed by atoms with E-state index >= 15 is 0 Å². The van der Waals surface area contributed by atoms with Crippen LogP contribution in [0.15, 0.2) is 65.8 Å². The van der Waals surface area contributed by atoms with Crippen molar-refractivity contribution in [1.29, 1.82) is 0 Å². The van der Waals surface area contributed by atoms with Gasteiger partial charge in [0.1, 0.15) is 11.4 Å². The summed E-state index contributed by atoms with van der Waals surface area (Å²) in [7, 11) is -3.64. The van der Waals surface area contributed by atoms with Crippen molar-refractivity contribution in [1.82, 2.24) is 10.3 Å². The van der Waals surface area contributed by atoms with Crippen LogP contribution >= 0.6 is 11.6 Å². The molecule has 9 nitrogen and oxygen atoms in total. The SMILES string of the molecule is CC(C)(C)OC(=O)NCCOCCS(=O)(=O)c1ccc(Cl)c(COC2(c3cnccc3-c3ccccc3OC3CC3)CC2)c1. The van der Waals surface area contributed by atoms with Gasteiger partial charge in [-0.1, -0.05) is 29.8 Å². The van der Waals surface area contributed by atoms with E-state index in [0.29, 0.717) is 10.6 Å². The second-order valence-electron chi connectivity index (χ2n) is 12.1. The van der Waals surface area contributed by atoms with E-state index in [0.717, 1.165) is 48.1 Å². The zero-order valence-electron chi connectivity index (χ0n) is 25.3. The highest BCUT2D eigenvalue weighted by molar-refractivity contribution is 7.91. The number of hydrogen-bond acceptors (Lipinski definition) is 8. The van der Waals surface area contributed by atoms with Crippen molar-refractivity contribution >= 4 is 27.5 Å². The number of benzene rings is 2. The van der Waals surface area contributed by atoms with E-state index in [1.165, 1.54) is 6.07 Å². The fourth-order valence-electron chi connectivity index (χ4n) is 4.75. The quantitative estimate of drug-likeness (QED) is 0.199. The molecule has 0 spiro atoms. The molecule has 5 rings (SSSR count). The van der Waals surface area contributed by atoms with Crippen LogP contribution in [0.3, 0.4) is 0 Å². The molecule has 3 aromatic rings. The first kappa shape index (κ1) is 32.2. The van der Waals surface area contributed by atoms with Gasteiger partial charge in [0.05, 0.1) is 42.2 Å². The molecule has 2 aliphatic rings. The Morgan fingerprint density at radius 2 is 1.84 bits per heavy atom. The molecule has 1 heterocycles. The number of pyridine rings is 1. The van der Waals surface area contributed by atoms with E-state index < -0.39 is 27.1 Å². The van der Waals surface area contributed by atoms with Gasteiger partial charge in [0.2, 0.25) is 0 Å². The number of nitrogens with one attached hydrogen (secondary N) is 1. The maximum absolute atomic E-state index is 13.1. The van der Waals surface area contributed by atoms with Gasteiger partial charge in [0, 0.05) is 35.1 Å². The molecule has 1 amide bonds. The van der Waals surface area contributed by atoms with Crippen LogP contribution in [-0.2, 0) is 36.3 Å². The van der Waals surface area contributed by atoms with E-state index in [-0.39, 0.29) is 43.1 Å². The summed E-state index contributed by atoms with van der Waals surface area (Å²) in [6, 6.07) is 14.7. The molecule has 2 saturated carbocycles. The van der Waals surface area contributed by atoms with Gasteiger partial charge in [0.25, 0.3) is 0 Å². The Balaban J connectivity index is 1.20. The van der Waals surface area contributed by atoms with E-state index in [1.807, 2.05) is 30.5 Å². The monoisotopic (exact) mass is 642 g/mol. The van der Waals surface area contributed by atoms with Gasteiger partial charge in [-0.3, -0.25) is 4.98 Å². The Hall–Kier alpha value is -3.18. The maximum Gasteiger partial charge on any atom is 0.407 e. The molecule has 2 fully saturated rings. The minimum absolute atomic E-state index is 0.0222. The number of sulfone groups is 1. The second kappa shape index (κ2) is 13.4. The minimum atomic E-state index is -3.64. The van der Waals surface area contributed by atoms with Gasteiger partial charge in [-0.25, -0.2) is 13.2 Å². The molecule has 0 bridgehead atoms. The van der Waals surface area contributed by atoms with Crippen molar-refractivity contribution in [3.63, 3.8) is 0 Å². The lowest BCUT2D eigenvalue weighted by Crippen LogP contribution is -2.34. The summed E-state index contributed by atoms with van der Waals surface area (Å²) in [5, 5.41) is 3.01. The van der Waals surface area contributed by atoms with Crippen molar-refractivity contribution in [3.05, 3.63) is 77.1 Å². The average molecular weight is 643 g/mol. The molecule has 0 aliphatic heterocycles. The van der Waals surface area contributed by atoms with Crippen LogP contribution in [0.25, 0.3) is 11.1 Å². The van der Waals surface area contributed by atoms with Crippen molar-refractivity contribution < 1.29 is 32.2 Å². The standard InChI is InChI=1S/C33H39ClN2O7S/c1-32(2,3)43-31(37)36-16-17-40-18-19-44(38,39)25-10-11-29(34)23(20-25)22-41-33(13-14-33)28-21-35-15-12-26(28)27-6-4-5-7-30(27)42-24-8-9-24/h4-7,10-12,15,20-21,24H,8-9,13-14,16-19,22H2,1-3H3,(H,36,37). The molecule has 0 unspecified atom stereocenters. The summed E-state index contributed by atoms with van der Waals surface area (Å²) in [5.41, 5.74) is 2.43. The summed E-state index contributed by atoms with van der Waals surface area (Å²) in [6.45, 7) is 5.80. The van der Waals surface area contributed by atoms with Crippen molar-refractivity contribution in [2.24, 2.45) is 0 Å². The third-order valence-corrected chi connectivity index (χ3v) is 9.35. The predicted molar refractivity (Wildman–Crippen MR) is 168 cm³/mol. The molecule has 1 aromatic heterocycles. The second-order valence-corrected chi connectivity index (χ2v) is 14.6. The van der Waals surface area contributed by atoms with Crippen LogP contribution in [0.1, 0.15) is 57.6 Å². The Kier molecular flexibility index (Phi) is 9.84. The highest BCUT2D eigenvalue weighted by Gasteiger charge is 2.48. The van der Waals surface area contributed by atoms with Gasteiger partial charge < -0.3 is 24.3 Å². The lowest BCUT2D eigenvalue weighted by atomic mass is 9.96. The van der Waals surface area contributed by atoms with Gasteiger partial charge in [-0.2, -0.15) is 0 Å². The highest BCUT2D eigenvalue weighted by Crippen LogP contribution is 2.53.